The predicted molar refractivity (Wildman–Crippen MR) is 190 cm³/mol. The van der Waals surface area contributed by atoms with Crippen LogP contribution in [0.25, 0.3) is 55.0 Å². The summed E-state index contributed by atoms with van der Waals surface area (Å²) in [6.45, 7) is 0.597. The molecule has 0 spiro atoms. The van der Waals surface area contributed by atoms with E-state index in [4.69, 9.17) is 0 Å². The average molecular weight is 581 g/mol. The molecule has 216 valence electrons. The number of nitrogens with one attached hydrogen (secondary N) is 1. The molecule has 2 heterocycles. The Bertz CT molecular complexity index is 2360. The maximum absolute atomic E-state index is 4.65. The number of rotatable bonds is 7. The number of para-hydroxylation sites is 3. The molecule has 0 radical (unpaired) electrons. The highest BCUT2D eigenvalue weighted by atomic mass is 15.1. The quantitative estimate of drug-likeness (QED) is 0.187. The van der Waals surface area contributed by atoms with Crippen molar-refractivity contribution >= 4 is 55.0 Å². The second-order valence-electron chi connectivity index (χ2n) is 11.3. The van der Waals surface area contributed by atoms with Crippen LogP contribution >= 0.6 is 0 Å². The Morgan fingerprint density at radius 2 is 1.09 bits per heavy atom. The second-order valence-corrected chi connectivity index (χ2v) is 11.3. The highest BCUT2D eigenvalue weighted by Crippen LogP contribution is 2.38. The van der Waals surface area contributed by atoms with Crippen molar-refractivity contribution in [3.8, 4) is 5.69 Å². The molecule has 1 N–H and O–H groups in total. The molecular weight excluding hydrogens is 548 g/mol. The van der Waals surface area contributed by atoms with Gasteiger partial charge in [0.2, 0.25) is 0 Å². The van der Waals surface area contributed by atoms with Gasteiger partial charge in [0.05, 0.1) is 34.4 Å². The van der Waals surface area contributed by atoms with Gasteiger partial charge in [-0.1, -0.05) is 115 Å². The summed E-state index contributed by atoms with van der Waals surface area (Å²) in [4.78, 5) is 4.65. The minimum absolute atomic E-state index is 0.597. The second kappa shape index (κ2) is 11.3. The molecule has 0 saturated heterocycles. The van der Waals surface area contributed by atoms with Gasteiger partial charge in [-0.05, 0) is 53.6 Å². The van der Waals surface area contributed by atoms with Gasteiger partial charge in [0.25, 0.3) is 0 Å². The van der Waals surface area contributed by atoms with E-state index >= 15 is 0 Å². The standard InChI is InChI=1S/C41H32N4/c1-42-36(29-15-5-2-6-16-29)27-37(30-17-7-3-8-18-30)43-28-44-38-23-13-11-21-32(38)34-26-41-35(25-40(34)44)33-22-12-14-24-39(33)45(41)31-19-9-4-10-20-31/h2-27,43H,28H2,1H3. The summed E-state index contributed by atoms with van der Waals surface area (Å²) < 4.78 is 4.79. The van der Waals surface area contributed by atoms with Gasteiger partial charge < -0.3 is 14.5 Å². The van der Waals surface area contributed by atoms with Crippen molar-refractivity contribution in [2.75, 3.05) is 7.05 Å². The van der Waals surface area contributed by atoms with E-state index in [9.17, 15) is 0 Å². The van der Waals surface area contributed by atoms with Crippen molar-refractivity contribution in [2.45, 2.75) is 6.67 Å². The molecular formula is C41H32N4. The smallest absolute Gasteiger partial charge is 0.0926 e. The van der Waals surface area contributed by atoms with E-state index in [2.05, 4.69) is 171 Å². The summed E-state index contributed by atoms with van der Waals surface area (Å²) in [5, 5.41) is 8.79. The topological polar surface area (TPSA) is 34.2 Å². The van der Waals surface area contributed by atoms with Gasteiger partial charge >= 0.3 is 0 Å². The maximum Gasteiger partial charge on any atom is 0.0926 e. The van der Waals surface area contributed by atoms with Crippen molar-refractivity contribution in [1.82, 2.24) is 14.5 Å². The van der Waals surface area contributed by atoms with E-state index in [0.29, 0.717) is 6.67 Å². The van der Waals surface area contributed by atoms with E-state index < -0.39 is 0 Å². The van der Waals surface area contributed by atoms with E-state index in [-0.39, 0.29) is 0 Å². The molecule has 0 amide bonds. The molecule has 6 aromatic carbocycles. The fourth-order valence-electron chi connectivity index (χ4n) is 6.58. The minimum atomic E-state index is 0.597. The van der Waals surface area contributed by atoms with Gasteiger partial charge in [-0.15, -0.1) is 0 Å². The molecule has 0 aliphatic heterocycles. The van der Waals surface area contributed by atoms with Gasteiger partial charge in [-0.3, -0.25) is 4.99 Å². The predicted octanol–water partition coefficient (Wildman–Crippen LogP) is 9.60. The van der Waals surface area contributed by atoms with Crippen LogP contribution in [0.5, 0.6) is 0 Å². The molecule has 2 aromatic heterocycles. The summed E-state index contributed by atoms with van der Waals surface area (Å²) in [6, 6.07) is 53.7. The molecule has 0 bridgehead atoms. The molecule has 0 aliphatic carbocycles. The summed E-state index contributed by atoms with van der Waals surface area (Å²) in [5.41, 5.74) is 10.1. The molecule has 45 heavy (non-hydrogen) atoms. The Morgan fingerprint density at radius 3 is 1.78 bits per heavy atom. The van der Waals surface area contributed by atoms with Gasteiger partial charge in [-0.25, -0.2) is 0 Å². The van der Waals surface area contributed by atoms with E-state index in [1.165, 1.54) is 43.6 Å². The Labute approximate surface area is 262 Å². The largest absolute Gasteiger partial charge is 0.367 e. The zero-order chi connectivity index (χ0) is 30.2. The number of aliphatic imine (C=N–C) groups is 1. The minimum Gasteiger partial charge on any atom is -0.367 e. The molecule has 0 aliphatic rings. The van der Waals surface area contributed by atoms with Gasteiger partial charge in [0.15, 0.2) is 0 Å². The molecule has 4 heteroatoms. The normalized spacial score (nSPS) is 12.5. The van der Waals surface area contributed by atoms with Crippen LogP contribution in [-0.4, -0.2) is 21.9 Å². The van der Waals surface area contributed by atoms with Crippen LogP contribution in [0, 0.1) is 0 Å². The fourth-order valence-corrected chi connectivity index (χ4v) is 6.58. The van der Waals surface area contributed by atoms with Crippen molar-refractivity contribution in [3.63, 3.8) is 0 Å². The zero-order valence-electron chi connectivity index (χ0n) is 25.1. The van der Waals surface area contributed by atoms with Crippen LogP contribution < -0.4 is 5.32 Å². The first kappa shape index (κ1) is 26.7. The zero-order valence-corrected chi connectivity index (χ0v) is 25.1. The van der Waals surface area contributed by atoms with Crippen LogP contribution in [0.15, 0.2) is 163 Å². The fraction of sp³-hybridized carbons (Fsp3) is 0.0488. The lowest BCUT2D eigenvalue weighted by molar-refractivity contribution is 0.696. The molecule has 8 aromatic rings. The Morgan fingerprint density at radius 1 is 0.556 bits per heavy atom. The van der Waals surface area contributed by atoms with Crippen molar-refractivity contribution < 1.29 is 0 Å². The molecule has 4 nitrogen and oxygen atoms in total. The monoisotopic (exact) mass is 580 g/mol. The summed E-state index contributed by atoms with van der Waals surface area (Å²) >= 11 is 0. The number of aromatic nitrogens is 2. The number of fused-ring (bicyclic) bond motifs is 6. The third-order valence-corrected chi connectivity index (χ3v) is 8.68. The van der Waals surface area contributed by atoms with Crippen LogP contribution in [0.1, 0.15) is 11.1 Å². The van der Waals surface area contributed by atoms with E-state index in [1.807, 2.05) is 13.1 Å². The van der Waals surface area contributed by atoms with Gasteiger partial charge in [-0.2, -0.15) is 0 Å². The first-order valence-corrected chi connectivity index (χ1v) is 15.3. The number of hydrogen-bond acceptors (Lipinski definition) is 2. The first-order valence-electron chi connectivity index (χ1n) is 15.3. The van der Waals surface area contributed by atoms with Crippen LogP contribution in [-0.2, 0) is 6.67 Å². The lowest BCUT2D eigenvalue weighted by Crippen LogP contribution is -2.18. The van der Waals surface area contributed by atoms with Gasteiger partial charge in [0, 0.05) is 40.0 Å². The van der Waals surface area contributed by atoms with Crippen molar-refractivity contribution in [1.29, 1.82) is 0 Å². The maximum atomic E-state index is 4.65. The lowest BCUT2D eigenvalue weighted by atomic mass is 10.1. The molecule has 0 fully saturated rings. The Hall–Kier alpha value is -5.87. The molecule has 8 rings (SSSR count). The number of benzene rings is 6. The molecule has 0 unspecified atom stereocenters. The first-order chi connectivity index (χ1) is 22.3. The third kappa shape index (κ3) is 4.68. The van der Waals surface area contributed by atoms with Crippen LogP contribution in [0.3, 0.4) is 0 Å². The summed E-state index contributed by atoms with van der Waals surface area (Å²) in [6.07, 6.45) is 2.16. The van der Waals surface area contributed by atoms with Gasteiger partial charge in [0.1, 0.15) is 0 Å². The van der Waals surface area contributed by atoms with Crippen molar-refractivity contribution in [3.05, 3.63) is 169 Å². The number of nitrogens with zero attached hydrogens (tertiary/aromatic N) is 3. The lowest BCUT2D eigenvalue weighted by Gasteiger charge is -2.15. The van der Waals surface area contributed by atoms with E-state index in [1.54, 1.807) is 0 Å². The molecule has 0 saturated carbocycles. The Kier molecular flexibility index (Phi) is 6.73. The number of allylic oxidation sites excluding steroid dienone is 1. The SMILES string of the molecule is CN=C(C=C(NCn1c2ccccc2c2cc3c(cc21)c1ccccc1n3-c1ccccc1)c1ccccc1)c1ccccc1. The van der Waals surface area contributed by atoms with Crippen LogP contribution in [0.4, 0.5) is 0 Å². The number of hydrogen-bond donors (Lipinski definition) is 1. The van der Waals surface area contributed by atoms with E-state index in [0.717, 1.165) is 28.2 Å². The highest BCUT2D eigenvalue weighted by Gasteiger charge is 2.17. The highest BCUT2D eigenvalue weighted by molar-refractivity contribution is 6.18. The average Bonchev–Trinajstić information content (AvgIpc) is 3.60. The van der Waals surface area contributed by atoms with Crippen LogP contribution in [0.2, 0.25) is 0 Å². The third-order valence-electron chi connectivity index (χ3n) is 8.68. The molecule has 0 atom stereocenters. The summed E-state index contributed by atoms with van der Waals surface area (Å²) in [7, 11) is 1.85. The van der Waals surface area contributed by atoms with Crippen molar-refractivity contribution in [2.24, 2.45) is 4.99 Å². The summed E-state index contributed by atoms with van der Waals surface area (Å²) in [5.74, 6) is 0. The Balaban J connectivity index is 1.30.